The van der Waals surface area contributed by atoms with Crippen LogP contribution in [0.25, 0.3) is 70.8 Å². The number of benzene rings is 7. The van der Waals surface area contributed by atoms with E-state index in [0.29, 0.717) is 0 Å². The van der Waals surface area contributed by atoms with Crippen molar-refractivity contribution < 1.29 is 0 Å². The number of hydrogen-bond donors (Lipinski definition) is 0. The first kappa shape index (κ1) is 21.8. The van der Waals surface area contributed by atoms with Gasteiger partial charge < -0.3 is 0 Å². The van der Waals surface area contributed by atoms with E-state index in [2.05, 4.69) is 91.0 Å². The fourth-order valence-corrected chi connectivity index (χ4v) is 6.28. The largest absolute Gasteiger partial charge is 0.276 e. The second kappa shape index (κ2) is 8.41. The maximum absolute atomic E-state index is 13.8. The minimum absolute atomic E-state index is 0.00238. The summed E-state index contributed by atoms with van der Waals surface area (Å²) in [6.45, 7) is 0. The molecule has 0 saturated carbocycles. The Balaban J connectivity index is 1.52. The molecule has 0 atom stereocenters. The lowest BCUT2D eigenvalue weighted by Crippen LogP contribution is -2.19. The normalized spacial score (nSPS) is 11.7. The van der Waals surface area contributed by atoms with Crippen molar-refractivity contribution in [3.05, 3.63) is 150 Å². The Morgan fingerprint density at radius 3 is 1.62 bits per heavy atom. The minimum Gasteiger partial charge on any atom is -0.276 e. The molecule has 0 unspecified atom stereocenters. The molecule has 0 aliphatic carbocycles. The topological polar surface area (TPSA) is 22.0 Å². The molecule has 2 nitrogen and oxygen atoms in total. The zero-order valence-electron chi connectivity index (χ0n) is 21.1. The van der Waals surface area contributed by atoms with Crippen LogP contribution < -0.4 is 5.56 Å². The Morgan fingerprint density at radius 2 is 0.949 bits per heavy atom. The molecule has 1 heterocycles. The van der Waals surface area contributed by atoms with Gasteiger partial charge in [0.25, 0.3) is 5.56 Å². The Morgan fingerprint density at radius 1 is 0.410 bits per heavy atom. The van der Waals surface area contributed by atoms with E-state index in [-0.39, 0.29) is 5.56 Å². The van der Waals surface area contributed by atoms with E-state index < -0.39 is 0 Å². The van der Waals surface area contributed by atoms with Crippen LogP contribution in [0.3, 0.4) is 0 Å². The zero-order chi connectivity index (χ0) is 25.9. The lowest BCUT2D eigenvalue weighted by molar-refractivity contribution is 1.06. The molecule has 0 saturated heterocycles. The van der Waals surface area contributed by atoms with E-state index in [9.17, 15) is 4.79 Å². The van der Waals surface area contributed by atoms with Gasteiger partial charge in [0.1, 0.15) is 0 Å². The van der Waals surface area contributed by atoms with Gasteiger partial charge in [-0.1, -0.05) is 109 Å². The van der Waals surface area contributed by atoms with Gasteiger partial charge in [0, 0.05) is 16.5 Å². The molecule has 7 aromatic carbocycles. The molecule has 182 valence electrons. The van der Waals surface area contributed by atoms with Crippen LogP contribution >= 0.6 is 0 Å². The molecule has 1 aromatic heterocycles. The van der Waals surface area contributed by atoms with Crippen molar-refractivity contribution in [1.29, 1.82) is 0 Å². The van der Waals surface area contributed by atoms with Crippen LogP contribution in [-0.4, -0.2) is 4.57 Å². The predicted molar refractivity (Wildman–Crippen MR) is 165 cm³/mol. The highest BCUT2D eigenvalue weighted by molar-refractivity contribution is 6.26. The molecular weight excluding hydrogens is 474 g/mol. The van der Waals surface area contributed by atoms with Crippen LogP contribution in [0.2, 0.25) is 0 Å². The van der Waals surface area contributed by atoms with Gasteiger partial charge >= 0.3 is 0 Å². The summed E-state index contributed by atoms with van der Waals surface area (Å²) in [6, 6.07) is 48.3. The number of aromatic nitrogens is 1. The van der Waals surface area contributed by atoms with Crippen LogP contribution in [0, 0.1) is 0 Å². The summed E-state index contributed by atoms with van der Waals surface area (Å²) in [7, 11) is 0. The molecule has 0 radical (unpaired) electrons. The van der Waals surface area contributed by atoms with Crippen LogP contribution in [0.4, 0.5) is 0 Å². The van der Waals surface area contributed by atoms with E-state index in [1.807, 2.05) is 53.1 Å². The quantitative estimate of drug-likeness (QED) is 0.218. The van der Waals surface area contributed by atoms with Crippen LogP contribution in [0.1, 0.15) is 0 Å². The van der Waals surface area contributed by atoms with Gasteiger partial charge in [0.05, 0.1) is 5.52 Å². The van der Waals surface area contributed by atoms with Crippen LogP contribution in [0.5, 0.6) is 0 Å². The molecule has 0 amide bonds. The average Bonchev–Trinajstić information content (AvgIpc) is 3.01. The number of rotatable bonds is 2. The second-order valence-corrected chi connectivity index (χ2v) is 10.1. The van der Waals surface area contributed by atoms with Gasteiger partial charge in [-0.15, -0.1) is 0 Å². The fourth-order valence-electron chi connectivity index (χ4n) is 6.28. The van der Waals surface area contributed by atoms with Crippen molar-refractivity contribution in [3.8, 4) is 16.8 Å². The van der Waals surface area contributed by atoms with Crippen LogP contribution in [-0.2, 0) is 0 Å². The van der Waals surface area contributed by atoms with Crippen LogP contribution in [0.15, 0.2) is 144 Å². The molecule has 0 fully saturated rings. The minimum atomic E-state index is -0.00238. The third-order valence-corrected chi connectivity index (χ3v) is 7.98. The lowest BCUT2D eigenvalue weighted by Gasteiger charge is -2.17. The number of fused-ring (bicyclic) bond motifs is 9. The molecule has 8 rings (SSSR count). The smallest absolute Gasteiger partial charge is 0.263 e. The Hall–Kier alpha value is -5.21. The van der Waals surface area contributed by atoms with Gasteiger partial charge in [-0.3, -0.25) is 9.36 Å². The van der Waals surface area contributed by atoms with Crippen molar-refractivity contribution in [2.45, 2.75) is 0 Å². The summed E-state index contributed by atoms with van der Waals surface area (Å²) in [4.78, 5) is 13.8. The summed E-state index contributed by atoms with van der Waals surface area (Å²) in [5.74, 6) is 0. The molecule has 0 bridgehead atoms. The molecule has 39 heavy (non-hydrogen) atoms. The molecule has 0 spiro atoms. The number of pyridine rings is 1. The highest BCUT2D eigenvalue weighted by Gasteiger charge is 2.16. The van der Waals surface area contributed by atoms with Crippen molar-refractivity contribution in [2.75, 3.05) is 0 Å². The first-order valence-corrected chi connectivity index (χ1v) is 13.2. The average molecular weight is 498 g/mol. The van der Waals surface area contributed by atoms with Gasteiger partial charge in [0.2, 0.25) is 0 Å². The number of para-hydroxylation sites is 1. The molecule has 0 N–H and O–H groups in total. The highest BCUT2D eigenvalue weighted by atomic mass is 16.1. The Bertz CT molecular complexity index is 2260. The standard InChI is InChI=1S/C37H23NO/c39-37-33-18-9-8-17-32(33)36-26(19-10-20-35(36)38(37)25-11-2-1-3-12-25)24-21-22-31-29-15-5-4-13-27(29)28-14-6-7-16-30(28)34(31)23-24/h1-23H. The van der Waals surface area contributed by atoms with E-state index in [1.165, 1.54) is 32.3 Å². The predicted octanol–water partition coefficient (Wildman–Crippen LogP) is 9.27. The number of nitrogens with zero attached hydrogens (tertiary/aromatic N) is 1. The first-order chi connectivity index (χ1) is 19.3. The summed E-state index contributed by atoms with van der Waals surface area (Å²) in [6.07, 6.45) is 0. The monoisotopic (exact) mass is 497 g/mol. The maximum Gasteiger partial charge on any atom is 0.263 e. The first-order valence-electron chi connectivity index (χ1n) is 13.2. The summed E-state index contributed by atoms with van der Waals surface area (Å²) in [5.41, 5.74) is 4.03. The van der Waals surface area contributed by atoms with Crippen molar-refractivity contribution >= 4 is 54.0 Å². The SMILES string of the molecule is O=c1c2ccccc2c2c(-c3ccc4c5ccccc5c5ccccc5c4c3)cccc2n1-c1ccccc1. The maximum atomic E-state index is 13.8. The van der Waals surface area contributed by atoms with E-state index in [4.69, 9.17) is 0 Å². The Labute approximate surface area is 225 Å². The van der Waals surface area contributed by atoms with E-state index in [0.717, 1.165) is 38.5 Å². The molecular formula is C37H23NO. The van der Waals surface area contributed by atoms with Crippen molar-refractivity contribution in [2.24, 2.45) is 0 Å². The second-order valence-electron chi connectivity index (χ2n) is 10.1. The third kappa shape index (κ3) is 3.19. The highest BCUT2D eigenvalue weighted by Crippen LogP contribution is 2.39. The van der Waals surface area contributed by atoms with Gasteiger partial charge in [0.15, 0.2) is 0 Å². The zero-order valence-corrected chi connectivity index (χ0v) is 21.1. The Kier molecular flexibility index (Phi) is 4.71. The van der Waals surface area contributed by atoms with Gasteiger partial charge in [-0.05, 0) is 79.2 Å². The van der Waals surface area contributed by atoms with Crippen molar-refractivity contribution in [1.82, 2.24) is 4.57 Å². The summed E-state index contributed by atoms with van der Waals surface area (Å²) < 4.78 is 1.85. The number of hydrogen-bond acceptors (Lipinski definition) is 1. The van der Waals surface area contributed by atoms with E-state index >= 15 is 0 Å². The molecule has 8 aromatic rings. The lowest BCUT2D eigenvalue weighted by atomic mass is 9.90. The third-order valence-electron chi connectivity index (χ3n) is 7.98. The molecule has 0 aliphatic rings. The molecule has 0 aliphatic heterocycles. The fraction of sp³-hybridized carbons (Fsp3) is 0. The summed E-state index contributed by atoms with van der Waals surface area (Å²) in [5, 5.41) is 10.3. The van der Waals surface area contributed by atoms with Gasteiger partial charge in [-0.25, -0.2) is 0 Å². The van der Waals surface area contributed by atoms with E-state index in [1.54, 1.807) is 0 Å². The van der Waals surface area contributed by atoms with Crippen molar-refractivity contribution in [3.63, 3.8) is 0 Å². The summed E-state index contributed by atoms with van der Waals surface area (Å²) >= 11 is 0. The van der Waals surface area contributed by atoms with Gasteiger partial charge in [-0.2, -0.15) is 0 Å². The molecule has 2 heteroatoms.